The fraction of sp³-hybridized carbons (Fsp3) is 0.278. The zero-order chi connectivity index (χ0) is 17.4. The minimum atomic E-state index is -0.0789. The van der Waals surface area contributed by atoms with Gasteiger partial charge in [-0.1, -0.05) is 23.7 Å². The Hall–Kier alpha value is -1.72. The normalized spacial score (nSPS) is 14.5. The van der Waals surface area contributed by atoms with Gasteiger partial charge in [0, 0.05) is 23.2 Å². The molecule has 0 N–H and O–H groups in total. The van der Waals surface area contributed by atoms with Crippen LogP contribution in [0.15, 0.2) is 34.8 Å². The van der Waals surface area contributed by atoms with E-state index in [0.717, 1.165) is 15.6 Å². The molecular weight excluding hydrogens is 394 g/mol. The van der Waals surface area contributed by atoms with Gasteiger partial charge < -0.3 is 14.4 Å². The average Bonchev–Trinajstić information content (AvgIpc) is 2.94. The number of halogens is 2. The van der Waals surface area contributed by atoms with E-state index in [-0.39, 0.29) is 11.9 Å². The molecule has 0 spiro atoms. The van der Waals surface area contributed by atoms with E-state index < -0.39 is 0 Å². The highest BCUT2D eigenvalue weighted by atomic mass is 79.9. The molecule has 1 atom stereocenters. The maximum absolute atomic E-state index is 13.0. The number of carbonyl (C=O) groups is 1. The molecule has 0 fully saturated rings. The number of nitrogens with zero attached hydrogens (tertiary/aromatic N) is 1. The second-order valence-electron chi connectivity index (χ2n) is 5.61. The Morgan fingerprint density at radius 2 is 1.79 bits per heavy atom. The Kier molecular flexibility index (Phi) is 4.74. The van der Waals surface area contributed by atoms with E-state index in [2.05, 4.69) is 15.9 Å². The molecule has 1 heterocycles. The van der Waals surface area contributed by atoms with Gasteiger partial charge in [0.05, 0.1) is 30.3 Å². The van der Waals surface area contributed by atoms with Crippen molar-refractivity contribution in [1.82, 2.24) is 4.90 Å². The van der Waals surface area contributed by atoms with Crippen molar-refractivity contribution >= 4 is 33.4 Å². The summed E-state index contributed by atoms with van der Waals surface area (Å²) in [6.07, 6.45) is 0. The van der Waals surface area contributed by atoms with Gasteiger partial charge >= 0.3 is 0 Å². The highest BCUT2D eigenvalue weighted by molar-refractivity contribution is 9.10. The van der Waals surface area contributed by atoms with E-state index >= 15 is 0 Å². The first kappa shape index (κ1) is 17.1. The van der Waals surface area contributed by atoms with Gasteiger partial charge in [0.2, 0.25) is 0 Å². The predicted octanol–water partition coefficient (Wildman–Crippen LogP) is 4.84. The van der Waals surface area contributed by atoms with Crippen molar-refractivity contribution in [2.45, 2.75) is 19.5 Å². The summed E-state index contributed by atoms with van der Waals surface area (Å²) in [5.74, 6) is 1.13. The lowest BCUT2D eigenvalue weighted by atomic mass is 10.1. The molecule has 4 nitrogen and oxygen atoms in total. The van der Waals surface area contributed by atoms with Crippen molar-refractivity contribution in [2.24, 2.45) is 0 Å². The summed E-state index contributed by atoms with van der Waals surface area (Å²) in [6.45, 7) is 2.50. The quantitative estimate of drug-likeness (QED) is 0.724. The van der Waals surface area contributed by atoms with Crippen LogP contribution in [0.3, 0.4) is 0 Å². The summed E-state index contributed by atoms with van der Waals surface area (Å²) in [5, 5.41) is 0.677. The van der Waals surface area contributed by atoms with Gasteiger partial charge in [-0.2, -0.15) is 0 Å². The van der Waals surface area contributed by atoms with Crippen molar-refractivity contribution in [2.75, 3.05) is 14.2 Å². The van der Waals surface area contributed by atoms with E-state index in [4.69, 9.17) is 21.1 Å². The van der Waals surface area contributed by atoms with E-state index in [9.17, 15) is 4.79 Å². The second-order valence-corrected chi connectivity index (χ2v) is 6.84. The lowest BCUT2D eigenvalue weighted by molar-refractivity contribution is 0.0713. The number of rotatable bonds is 4. The van der Waals surface area contributed by atoms with Gasteiger partial charge in [-0.05, 0) is 40.5 Å². The van der Waals surface area contributed by atoms with Crippen LogP contribution >= 0.6 is 27.5 Å². The summed E-state index contributed by atoms with van der Waals surface area (Å²) in [5.41, 5.74) is 2.51. The van der Waals surface area contributed by atoms with Crippen LogP contribution < -0.4 is 9.47 Å². The molecule has 0 aromatic heterocycles. The minimum absolute atomic E-state index is 0.0485. The van der Waals surface area contributed by atoms with Crippen LogP contribution in [0, 0.1) is 0 Å². The van der Waals surface area contributed by atoms with E-state index in [0.29, 0.717) is 28.6 Å². The minimum Gasteiger partial charge on any atom is -0.496 e. The molecule has 126 valence electrons. The molecule has 24 heavy (non-hydrogen) atoms. The third kappa shape index (κ3) is 2.76. The smallest absolute Gasteiger partial charge is 0.258 e. The van der Waals surface area contributed by atoms with Gasteiger partial charge in [0.1, 0.15) is 11.5 Å². The maximum Gasteiger partial charge on any atom is 0.258 e. The van der Waals surface area contributed by atoms with Crippen LogP contribution in [0.25, 0.3) is 0 Å². The summed E-state index contributed by atoms with van der Waals surface area (Å²) in [4.78, 5) is 14.8. The molecule has 2 aromatic rings. The number of fused-ring (bicyclic) bond motifs is 1. The van der Waals surface area contributed by atoms with Gasteiger partial charge in [-0.25, -0.2) is 0 Å². The highest BCUT2D eigenvalue weighted by Crippen LogP contribution is 2.44. The molecule has 0 saturated carbocycles. The van der Waals surface area contributed by atoms with Crippen LogP contribution in [-0.2, 0) is 6.54 Å². The number of benzene rings is 2. The van der Waals surface area contributed by atoms with Crippen molar-refractivity contribution in [3.05, 3.63) is 56.5 Å². The summed E-state index contributed by atoms with van der Waals surface area (Å²) in [6, 6.07) is 9.20. The molecule has 1 unspecified atom stereocenters. The predicted molar refractivity (Wildman–Crippen MR) is 97.0 cm³/mol. The largest absolute Gasteiger partial charge is 0.496 e. The first-order valence-electron chi connectivity index (χ1n) is 7.47. The van der Waals surface area contributed by atoms with Gasteiger partial charge in [-0.3, -0.25) is 4.79 Å². The third-order valence-corrected chi connectivity index (χ3v) is 5.48. The Balaban J connectivity index is 2.01. The standard InChI is InChI=1S/C18H17BrClNO3/c1-10(11-4-6-12(20)7-5-11)21-9-13-16(18(21)22)14(23-2)8-15(24-3)17(13)19/h4-8,10H,9H2,1-3H3. The lowest BCUT2D eigenvalue weighted by Crippen LogP contribution is -2.27. The zero-order valence-corrected chi connectivity index (χ0v) is 15.9. The lowest BCUT2D eigenvalue weighted by Gasteiger charge is -2.24. The SMILES string of the molecule is COc1cc(OC)c2c(c1Br)CN(C(C)c1ccc(Cl)cc1)C2=O. The number of hydrogen-bond donors (Lipinski definition) is 0. The maximum atomic E-state index is 13.0. The topological polar surface area (TPSA) is 38.8 Å². The zero-order valence-electron chi connectivity index (χ0n) is 13.6. The third-order valence-electron chi connectivity index (χ3n) is 4.35. The van der Waals surface area contributed by atoms with Crippen LogP contribution in [-0.4, -0.2) is 25.0 Å². The number of amides is 1. The molecular formula is C18H17BrClNO3. The first-order valence-corrected chi connectivity index (χ1v) is 8.64. The van der Waals surface area contributed by atoms with Crippen LogP contribution in [0.2, 0.25) is 5.02 Å². The summed E-state index contributed by atoms with van der Waals surface area (Å²) >= 11 is 9.50. The monoisotopic (exact) mass is 409 g/mol. The molecule has 6 heteroatoms. The first-order chi connectivity index (χ1) is 11.5. The van der Waals surface area contributed by atoms with Crippen molar-refractivity contribution in [3.8, 4) is 11.5 Å². The van der Waals surface area contributed by atoms with Crippen LogP contribution in [0.4, 0.5) is 0 Å². The highest BCUT2D eigenvalue weighted by Gasteiger charge is 2.36. The Morgan fingerprint density at radius 1 is 1.17 bits per heavy atom. The molecule has 1 aliphatic rings. The average molecular weight is 411 g/mol. The summed E-state index contributed by atoms with van der Waals surface area (Å²) < 4.78 is 11.6. The molecule has 3 rings (SSSR count). The van der Waals surface area contributed by atoms with Gasteiger partial charge in [-0.15, -0.1) is 0 Å². The number of ether oxygens (including phenoxy) is 2. The molecule has 0 radical (unpaired) electrons. The fourth-order valence-corrected chi connectivity index (χ4v) is 3.70. The molecule has 0 bridgehead atoms. The van der Waals surface area contributed by atoms with E-state index in [1.165, 1.54) is 0 Å². The van der Waals surface area contributed by atoms with Crippen molar-refractivity contribution in [1.29, 1.82) is 0 Å². The van der Waals surface area contributed by atoms with Crippen LogP contribution in [0.5, 0.6) is 11.5 Å². The number of hydrogen-bond acceptors (Lipinski definition) is 3. The second kappa shape index (κ2) is 6.65. The van der Waals surface area contributed by atoms with Crippen LogP contribution in [0.1, 0.15) is 34.5 Å². The Morgan fingerprint density at radius 3 is 2.38 bits per heavy atom. The van der Waals surface area contributed by atoms with Crippen molar-refractivity contribution < 1.29 is 14.3 Å². The summed E-state index contributed by atoms with van der Waals surface area (Å²) in [7, 11) is 3.15. The van der Waals surface area contributed by atoms with Gasteiger partial charge in [0.25, 0.3) is 5.91 Å². The molecule has 2 aromatic carbocycles. The Labute approximate surface area is 154 Å². The van der Waals surface area contributed by atoms with E-state index in [1.54, 1.807) is 20.3 Å². The molecule has 1 aliphatic heterocycles. The number of carbonyl (C=O) groups excluding carboxylic acids is 1. The molecule has 0 saturated heterocycles. The van der Waals surface area contributed by atoms with E-state index in [1.807, 2.05) is 36.1 Å². The fourth-order valence-electron chi connectivity index (χ4n) is 2.97. The Bertz CT molecular complexity index is 792. The number of methoxy groups -OCH3 is 2. The van der Waals surface area contributed by atoms with Crippen molar-refractivity contribution in [3.63, 3.8) is 0 Å². The molecule has 1 amide bonds. The van der Waals surface area contributed by atoms with Gasteiger partial charge in [0.15, 0.2) is 0 Å². The molecule has 0 aliphatic carbocycles.